The molecule has 2 aromatic rings. The van der Waals surface area contributed by atoms with Crippen LogP contribution in [0.25, 0.3) is 0 Å². The molecule has 2 aromatic carbocycles. The number of allylic oxidation sites excluding steroid dienone is 2. The maximum atomic E-state index is 13.1. The Morgan fingerprint density at radius 3 is 2.48 bits per heavy atom. The van der Waals surface area contributed by atoms with Crippen LogP contribution in [0.2, 0.25) is 0 Å². The quantitative estimate of drug-likeness (QED) is 0.557. The van der Waals surface area contributed by atoms with Crippen molar-refractivity contribution in [2.75, 3.05) is 11.9 Å². The Bertz CT molecular complexity index is 908. The molecule has 4 rings (SSSR count). The lowest BCUT2D eigenvalue weighted by Crippen LogP contribution is -2.30. The van der Waals surface area contributed by atoms with Gasteiger partial charge in [0.15, 0.2) is 0 Å². The second-order valence-electron chi connectivity index (χ2n) is 7.53. The molecule has 4 atom stereocenters. The van der Waals surface area contributed by atoms with Crippen molar-refractivity contribution >= 4 is 17.6 Å². The fourth-order valence-corrected chi connectivity index (χ4v) is 4.21. The van der Waals surface area contributed by atoms with Gasteiger partial charge in [-0.3, -0.25) is 9.59 Å². The van der Waals surface area contributed by atoms with E-state index in [9.17, 15) is 9.59 Å². The van der Waals surface area contributed by atoms with Crippen molar-refractivity contribution in [3.8, 4) is 5.75 Å². The molecule has 1 fully saturated rings. The number of para-hydroxylation sites is 2. The van der Waals surface area contributed by atoms with E-state index in [-0.39, 0.29) is 17.8 Å². The van der Waals surface area contributed by atoms with E-state index in [1.807, 2.05) is 37.3 Å². The van der Waals surface area contributed by atoms with Crippen LogP contribution in [0, 0.1) is 17.8 Å². The van der Waals surface area contributed by atoms with Crippen molar-refractivity contribution in [1.29, 1.82) is 0 Å². The molecule has 0 aliphatic heterocycles. The van der Waals surface area contributed by atoms with Gasteiger partial charge in [-0.1, -0.05) is 54.6 Å². The Balaban J connectivity index is 1.54. The van der Waals surface area contributed by atoms with E-state index in [4.69, 9.17) is 9.47 Å². The summed E-state index contributed by atoms with van der Waals surface area (Å²) in [6.45, 7) is 2.37. The molecule has 2 bridgehead atoms. The number of fused-ring (bicyclic) bond motifs is 2. The highest BCUT2D eigenvalue weighted by molar-refractivity contribution is 5.97. The first kappa shape index (κ1) is 19.2. The largest absolute Gasteiger partial charge is 0.492 e. The minimum Gasteiger partial charge on any atom is -0.492 e. The summed E-state index contributed by atoms with van der Waals surface area (Å²) < 4.78 is 11.4. The molecule has 2 aliphatic carbocycles. The molecule has 5 heteroatoms. The van der Waals surface area contributed by atoms with Crippen LogP contribution in [0.3, 0.4) is 0 Å². The lowest BCUT2D eigenvalue weighted by Gasteiger charge is -2.23. The van der Waals surface area contributed by atoms with Crippen molar-refractivity contribution < 1.29 is 19.1 Å². The molecule has 0 heterocycles. The summed E-state index contributed by atoms with van der Waals surface area (Å²) in [6, 6.07) is 16.4. The number of nitrogens with one attached hydrogen (secondary N) is 1. The average molecular weight is 391 g/mol. The standard InChI is InChI=1S/C24H25NO4/c1-2-28-21-11-7-6-10-20(21)25-23(26)22(17-8-4-3-5-9-17)29-24(27)19-15-16-12-13-18(19)14-16/h3-13,16,18-19,22H,2,14-15H2,1H3,(H,25,26)/t16-,18-,19-,22+/m0/s1. The average Bonchev–Trinajstić information content (AvgIpc) is 3.38. The van der Waals surface area contributed by atoms with Gasteiger partial charge in [0, 0.05) is 5.56 Å². The van der Waals surface area contributed by atoms with Gasteiger partial charge in [0.2, 0.25) is 6.10 Å². The number of carbonyl (C=O) groups is 2. The number of rotatable bonds is 7. The van der Waals surface area contributed by atoms with Crippen molar-refractivity contribution in [2.45, 2.75) is 25.9 Å². The highest BCUT2D eigenvalue weighted by atomic mass is 16.5. The molecule has 150 valence electrons. The third kappa shape index (κ3) is 4.19. The molecule has 0 radical (unpaired) electrons. The van der Waals surface area contributed by atoms with E-state index < -0.39 is 12.0 Å². The Labute approximate surface area is 170 Å². The molecule has 2 aliphatic rings. The molecule has 1 saturated carbocycles. The molecule has 0 unspecified atom stereocenters. The van der Waals surface area contributed by atoms with Gasteiger partial charge in [-0.25, -0.2) is 0 Å². The van der Waals surface area contributed by atoms with Crippen LogP contribution in [0.5, 0.6) is 5.75 Å². The fourth-order valence-electron chi connectivity index (χ4n) is 4.21. The monoisotopic (exact) mass is 391 g/mol. The maximum Gasteiger partial charge on any atom is 0.310 e. The molecule has 29 heavy (non-hydrogen) atoms. The maximum absolute atomic E-state index is 13.1. The highest BCUT2D eigenvalue weighted by Crippen LogP contribution is 2.44. The Hall–Kier alpha value is -3.08. The highest BCUT2D eigenvalue weighted by Gasteiger charge is 2.42. The molecule has 5 nitrogen and oxygen atoms in total. The fraction of sp³-hybridized carbons (Fsp3) is 0.333. The van der Waals surface area contributed by atoms with Crippen molar-refractivity contribution in [3.63, 3.8) is 0 Å². The smallest absolute Gasteiger partial charge is 0.310 e. The van der Waals surface area contributed by atoms with Gasteiger partial charge in [-0.15, -0.1) is 0 Å². The zero-order valence-corrected chi connectivity index (χ0v) is 16.4. The predicted octanol–water partition coefficient (Wildman–Crippen LogP) is 4.52. The molecule has 1 amide bonds. The van der Waals surface area contributed by atoms with Crippen LogP contribution in [0.1, 0.15) is 31.4 Å². The minimum absolute atomic E-state index is 0.167. The zero-order chi connectivity index (χ0) is 20.2. The summed E-state index contributed by atoms with van der Waals surface area (Å²) in [5.41, 5.74) is 1.20. The first-order chi connectivity index (χ1) is 14.2. The number of hydrogen-bond donors (Lipinski definition) is 1. The van der Waals surface area contributed by atoms with E-state index in [1.54, 1.807) is 24.3 Å². The number of carbonyl (C=O) groups excluding carboxylic acids is 2. The number of benzene rings is 2. The summed E-state index contributed by atoms with van der Waals surface area (Å²) in [4.78, 5) is 26.0. The lowest BCUT2D eigenvalue weighted by atomic mass is 9.93. The molecule has 0 saturated heterocycles. The van der Waals surface area contributed by atoms with Gasteiger partial charge < -0.3 is 14.8 Å². The molecule has 0 aromatic heterocycles. The summed E-state index contributed by atoms with van der Waals surface area (Å²) >= 11 is 0. The van der Waals surface area contributed by atoms with Crippen LogP contribution in [-0.2, 0) is 14.3 Å². The third-order valence-electron chi connectivity index (χ3n) is 5.60. The van der Waals surface area contributed by atoms with Gasteiger partial charge >= 0.3 is 5.97 Å². The number of ether oxygens (including phenoxy) is 2. The Morgan fingerprint density at radius 2 is 1.79 bits per heavy atom. The van der Waals surface area contributed by atoms with Crippen molar-refractivity contribution in [2.24, 2.45) is 17.8 Å². The first-order valence-electron chi connectivity index (χ1n) is 10.1. The van der Waals surface area contributed by atoms with Crippen molar-refractivity contribution in [3.05, 3.63) is 72.3 Å². The Morgan fingerprint density at radius 1 is 1.03 bits per heavy atom. The molecular weight excluding hydrogens is 366 g/mol. The number of amides is 1. The summed E-state index contributed by atoms with van der Waals surface area (Å²) in [7, 11) is 0. The van der Waals surface area contributed by atoms with Crippen molar-refractivity contribution in [1.82, 2.24) is 0 Å². The number of hydrogen-bond acceptors (Lipinski definition) is 4. The van der Waals surface area contributed by atoms with Crippen LogP contribution in [-0.4, -0.2) is 18.5 Å². The second kappa shape index (κ2) is 8.52. The number of esters is 1. The summed E-state index contributed by atoms with van der Waals surface area (Å²) in [5, 5.41) is 2.87. The zero-order valence-electron chi connectivity index (χ0n) is 16.4. The second-order valence-corrected chi connectivity index (χ2v) is 7.53. The van der Waals surface area contributed by atoms with Gasteiger partial charge in [-0.05, 0) is 43.7 Å². The number of anilines is 1. The van der Waals surface area contributed by atoms with E-state index in [2.05, 4.69) is 17.5 Å². The topological polar surface area (TPSA) is 64.6 Å². The van der Waals surface area contributed by atoms with Gasteiger partial charge in [-0.2, -0.15) is 0 Å². The SMILES string of the molecule is CCOc1ccccc1NC(=O)[C@H](OC(=O)[C@H]1C[C@H]2C=C[C@H]1C2)c1ccccc1. The molecule has 0 spiro atoms. The van der Waals surface area contributed by atoms with Gasteiger partial charge in [0.25, 0.3) is 5.91 Å². The summed E-state index contributed by atoms with van der Waals surface area (Å²) in [6.07, 6.45) is 5.08. The molecular formula is C24H25NO4. The Kier molecular flexibility index (Phi) is 5.65. The van der Waals surface area contributed by atoms with Crippen LogP contribution < -0.4 is 10.1 Å². The first-order valence-corrected chi connectivity index (χ1v) is 10.1. The molecule has 1 N–H and O–H groups in total. The minimum atomic E-state index is -1.01. The van der Waals surface area contributed by atoms with E-state index in [1.165, 1.54) is 0 Å². The van der Waals surface area contributed by atoms with Crippen LogP contribution in [0.15, 0.2) is 66.7 Å². The van der Waals surface area contributed by atoms with E-state index in [0.717, 1.165) is 12.8 Å². The normalized spacial score (nSPS) is 22.9. The van der Waals surface area contributed by atoms with E-state index in [0.29, 0.717) is 29.5 Å². The lowest BCUT2D eigenvalue weighted by molar-refractivity contribution is -0.159. The van der Waals surface area contributed by atoms with Crippen LogP contribution in [0.4, 0.5) is 5.69 Å². The summed E-state index contributed by atoms with van der Waals surface area (Å²) in [5.74, 6) is 0.407. The van der Waals surface area contributed by atoms with Gasteiger partial charge in [0.05, 0.1) is 18.2 Å². The third-order valence-corrected chi connectivity index (χ3v) is 5.60. The van der Waals surface area contributed by atoms with Crippen LogP contribution >= 0.6 is 0 Å². The predicted molar refractivity (Wildman–Crippen MR) is 110 cm³/mol. The van der Waals surface area contributed by atoms with Gasteiger partial charge in [0.1, 0.15) is 5.75 Å². The van der Waals surface area contributed by atoms with E-state index >= 15 is 0 Å².